The Morgan fingerprint density at radius 2 is 2.04 bits per heavy atom. The minimum atomic E-state index is -0.465. The van der Waals surface area contributed by atoms with Crippen LogP contribution in [0.1, 0.15) is 39.2 Å². The summed E-state index contributed by atoms with van der Waals surface area (Å²) in [6.45, 7) is 8.48. The zero-order chi connectivity index (χ0) is 19.9. The van der Waals surface area contributed by atoms with Gasteiger partial charge in [-0.2, -0.15) is 0 Å². The number of hydrogen-bond donors (Lipinski definition) is 2. The van der Waals surface area contributed by atoms with E-state index < -0.39 is 5.60 Å². The predicted molar refractivity (Wildman–Crippen MR) is 126 cm³/mol. The van der Waals surface area contributed by atoms with Gasteiger partial charge in [0.15, 0.2) is 5.96 Å². The fourth-order valence-electron chi connectivity index (χ4n) is 3.01. The average Bonchev–Trinajstić information content (AvgIpc) is 2.62. The third-order valence-corrected chi connectivity index (χ3v) is 4.73. The van der Waals surface area contributed by atoms with Gasteiger partial charge in [-0.25, -0.2) is 4.79 Å². The van der Waals surface area contributed by atoms with Crippen molar-refractivity contribution in [3.8, 4) is 0 Å². The normalized spacial score (nSPS) is 17.5. The number of amides is 1. The highest BCUT2D eigenvalue weighted by Crippen LogP contribution is 2.19. The molecule has 0 aromatic heterocycles. The molecule has 1 unspecified atom stereocenters. The zero-order valence-electron chi connectivity index (χ0n) is 17.1. The van der Waals surface area contributed by atoms with Crippen LogP contribution in [0.5, 0.6) is 0 Å². The highest BCUT2D eigenvalue weighted by Gasteiger charge is 2.27. The number of nitrogens with zero attached hydrogens (tertiary/aromatic N) is 2. The van der Waals surface area contributed by atoms with Crippen LogP contribution in [0.25, 0.3) is 0 Å². The summed E-state index contributed by atoms with van der Waals surface area (Å²) in [5.74, 6) is 1.09. The Bertz CT molecular complexity index is 664. The van der Waals surface area contributed by atoms with Crippen molar-refractivity contribution >= 4 is 47.6 Å². The molecule has 1 heterocycles. The second-order valence-corrected chi connectivity index (χ2v) is 8.24. The van der Waals surface area contributed by atoms with Crippen LogP contribution in [0.3, 0.4) is 0 Å². The van der Waals surface area contributed by atoms with Crippen molar-refractivity contribution in [1.82, 2.24) is 15.5 Å². The first-order chi connectivity index (χ1) is 12.8. The largest absolute Gasteiger partial charge is 0.444 e. The minimum Gasteiger partial charge on any atom is -0.444 e. The van der Waals surface area contributed by atoms with Gasteiger partial charge < -0.3 is 20.3 Å². The van der Waals surface area contributed by atoms with E-state index in [4.69, 9.17) is 16.3 Å². The topological polar surface area (TPSA) is 66.0 Å². The molecular formula is C20H32ClIN4O2. The van der Waals surface area contributed by atoms with E-state index in [9.17, 15) is 4.79 Å². The van der Waals surface area contributed by atoms with Crippen molar-refractivity contribution in [3.05, 3.63) is 34.9 Å². The summed E-state index contributed by atoms with van der Waals surface area (Å²) in [7, 11) is 1.75. The number of carbonyl (C=O) groups is 1. The van der Waals surface area contributed by atoms with Crippen molar-refractivity contribution in [3.63, 3.8) is 0 Å². The van der Waals surface area contributed by atoms with Crippen LogP contribution >= 0.6 is 35.6 Å². The molecule has 1 aromatic carbocycles. The van der Waals surface area contributed by atoms with Gasteiger partial charge in [0.2, 0.25) is 0 Å². The third-order valence-electron chi connectivity index (χ3n) is 4.36. The molecule has 0 spiro atoms. The number of halogens is 2. The Morgan fingerprint density at radius 1 is 1.32 bits per heavy atom. The van der Waals surface area contributed by atoms with E-state index in [0.717, 1.165) is 42.5 Å². The molecule has 158 valence electrons. The third kappa shape index (κ3) is 8.43. The van der Waals surface area contributed by atoms with E-state index in [-0.39, 0.29) is 30.1 Å². The van der Waals surface area contributed by atoms with E-state index in [1.807, 2.05) is 45.0 Å². The molecule has 0 bridgehead atoms. The lowest BCUT2D eigenvalue weighted by Crippen LogP contribution is -2.47. The van der Waals surface area contributed by atoms with Crippen molar-refractivity contribution in [2.24, 2.45) is 10.9 Å². The van der Waals surface area contributed by atoms with Gasteiger partial charge in [-0.05, 0) is 51.2 Å². The smallest absolute Gasteiger partial charge is 0.410 e. The minimum absolute atomic E-state index is 0. The van der Waals surface area contributed by atoms with Crippen molar-refractivity contribution in [2.75, 3.05) is 26.7 Å². The van der Waals surface area contributed by atoms with Crippen molar-refractivity contribution in [1.29, 1.82) is 0 Å². The van der Waals surface area contributed by atoms with Crippen molar-refractivity contribution in [2.45, 2.75) is 45.8 Å². The first kappa shape index (κ1) is 24.8. The summed E-state index contributed by atoms with van der Waals surface area (Å²) in [4.78, 5) is 18.4. The SMILES string of the molecule is CN=C(NCc1ccccc1Cl)NCC1CCCN(C(=O)OC(C)(C)C)C1.I. The van der Waals surface area contributed by atoms with E-state index in [1.54, 1.807) is 11.9 Å². The molecular weight excluding hydrogens is 491 g/mol. The highest BCUT2D eigenvalue weighted by molar-refractivity contribution is 14.0. The van der Waals surface area contributed by atoms with Crippen LogP contribution in [-0.2, 0) is 11.3 Å². The number of guanidine groups is 1. The van der Waals surface area contributed by atoms with Crippen LogP contribution in [0, 0.1) is 5.92 Å². The van der Waals surface area contributed by atoms with Crippen LogP contribution in [0.4, 0.5) is 4.79 Å². The number of piperidine rings is 1. The number of aliphatic imine (C=N–C) groups is 1. The lowest BCUT2D eigenvalue weighted by Gasteiger charge is -2.34. The molecule has 2 N–H and O–H groups in total. The zero-order valence-corrected chi connectivity index (χ0v) is 20.2. The molecule has 1 aliphatic rings. The molecule has 1 aromatic rings. The molecule has 1 atom stereocenters. The van der Waals surface area contributed by atoms with Crippen LogP contribution in [0.15, 0.2) is 29.3 Å². The Labute approximate surface area is 190 Å². The van der Waals surface area contributed by atoms with Gasteiger partial charge in [-0.1, -0.05) is 29.8 Å². The molecule has 1 fully saturated rings. The highest BCUT2D eigenvalue weighted by atomic mass is 127. The Morgan fingerprint density at radius 3 is 2.68 bits per heavy atom. The first-order valence-electron chi connectivity index (χ1n) is 9.44. The molecule has 2 rings (SSSR count). The monoisotopic (exact) mass is 522 g/mol. The first-order valence-corrected chi connectivity index (χ1v) is 9.82. The number of ether oxygens (including phenoxy) is 1. The summed E-state index contributed by atoms with van der Waals surface area (Å²) < 4.78 is 5.49. The molecule has 1 aliphatic heterocycles. The van der Waals surface area contributed by atoms with Gasteiger partial charge in [0.25, 0.3) is 0 Å². The summed E-state index contributed by atoms with van der Waals surface area (Å²) in [6, 6.07) is 7.75. The molecule has 6 nitrogen and oxygen atoms in total. The standard InChI is InChI=1S/C20H31ClN4O2.HI/c1-20(2,3)27-19(26)25-11-7-8-15(14-25)12-23-18(22-4)24-13-16-9-5-6-10-17(16)21;/h5-6,9-10,15H,7-8,11-14H2,1-4H3,(H2,22,23,24);1H. The van der Waals surface area contributed by atoms with Crippen LogP contribution < -0.4 is 10.6 Å². The lowest BCUT2D eigenvalue weighted by atomic mass is 9.98. The Balaban J connectivity index is 0.00000392. The van der Waals surface area contributed by atoms with E-state index >= 15 is 0 Å². The van der Waals surface area contributed by atoms with Gasteiger partial charge in [0.05, 0.1) is 0 Å². The summed E-state index contributed by atoms with van der Waals surface area (Å²) in [5.41, 5.74) is 0.559. The number of carbonyl (C=O) groups excluding carboxylic acids is 1. The van der Waals surface area contributed by atoms with Crippen molar-refractivity contribution < 1.29 is 9.53 Å². The van der Waals surface area contributed by atoms with E-state index in [1.165, 1.54) is 0 Å². The Kier molecular flexibility index (Phi) is 10.4. The van der Waals surface area contributed by atoms with Gasteiger partial charge in [0, 0.05) is 38.2 Å². The number of likely N-dealkylation sites (tertiary alicyclic amines) is 1. The van der Waals surface area contributed by atoms with Gasteiger partial charge in [-0.15, -0.1) is 24.0 Å². The van der Waals surface area contributed by atoms with E-state index in [0.29, 0.717) is 19.0 Å². The number of benzene rings is 1. The fourth-order valence-corrected chi connectivity index (χ4v) is 3.21. The summed E-state index contributed by atoms with van der Waals surface area (Å²) in [6.07, 6.45) is 1.83. The number of nitrogens with one attached hydrogen (secondary N) is 2. The maximum Gasteiger partial charge on any atom is 0.410 e. The summed E-state index contributed by atoms with van der Waals surface area (Å²) in [5, 5.41) is 7.37. The van der Waals surface area contributed by atoms with Gasteiger partial charge in [0.1, 0.15) is 5.60 Å². The molecule has 1 saturated heterocycles. The van der Waals surface area contributed by atoms with Gasteiger partial charge >= 0.3 is 6.09 Å². The molecule has 1 amide bonds. The maximum absolute atomic E-state index is 12.3. The molecule has 0 saturated carbocycles. The molecule has 28 heavy (non-hydrogen) atoms. The molecule has 0 radical (unpaired) electrons. The Hall–Kier alpha value is -1.22. The van der Waals surface area contributed by atoms with Crippen LogP contribution in [0.2, 0.25) is 5.02 Å². The average molecular weight is 523 g/mol. The van der Waals surface area contributed by atoms with Gasteiger partial charge in [-0.3, -0.25) is 4.99 Å². The maximum atomic E-state index is 12.3. The fraction of sp³-hybridized carbons (Fsp3) is 0.600. The lowest BCUT2D eigenvalue weighted by molar-refractivity contribution is 0.0168. The van der Waals surface area contributed by atoms with Crippen LogP contribution in [-0.4, -0.2) is 49.2 Å². The second kappa shape index (κ2) is 11.7. The summed E-state index contributed by atoms with van der Waals surface area (Å²) >= 11 is 6.19. The predicted octanol–water partition coefficient (Wildman–Crippen LogP) is 4.27. The molecule has 8 heteroatoms. The second-order valence-electron chi connectivity index (χ2n) is 7.83. The van der Waals surface area contributed by atoms with E-state index in [2.05, 4.69) is 15.6 Å². The number of rotatable bonds is 4. The quantitative estimate of drug-likeness (QED) is 0.352. The number of hydrogen-bond acceptors (Lipinski definition) is 3. The molecule has 0 aliphatic carbocycles.